The van der Waals surface area contributed by atoms with Gasteiger partial charge in [0, 0.05) is 39.3 Å². The van der Waals surface area contributed by atoms with Gasteiger partial charge in [-0.25, -0.2) is 12.7 Å². The number of hydrogen-bond donors (Lipinski definition) is 0. The molecule has 9 heteroatoms. The summed E-state index contributed by atoms with van der Waals surface area (Å²) in [5, 5.41) is 3.60. The Kier molecular flexibility index (Phi) is 6.65. The maximum atomic E-state index is 12.3. The lowest BCUT2D eigenvalue weighted by Gasteiger charge is -2.21. The first-order valence-electron chi connectivity index (χ1n) is 9.43. The maximum absolute atomic E-state index is 12.3. The van der Waals surface area contributed by atoms with Crippen LogP contribution in [-0.2, 0) is 25.9 Å². The van der Waals surface area contributed by atoms with E-state index in [4.69, 9.17) is 14.0 Å². The molecule has 0 saturated carbocycles. The lowest BCUT2D eigenvalue weighted by atomic mass is 10.0. The average molecular weight is 388 g/mol. The van der Waals surface area contributed by atoms with Gasteiger partial charge in [-0.05, 0) is 39.0 Å². The molecule has 2 saturated heterocycles. The van der Waals surface area contributed by atoms with Crippen molar-refractivity contribution >= 4 is 10.0 Å². The van der Waals surface area contributed by atoms with Crippen molar-refractivity contribution in [2.24, 2.45) is 5.92 Å². The predicted octanol–water partition coefficient (Wildman–Crippen LogP) is 1.58. The molecule has 0 amide bonds. The summed E-state index contributed by atoms with van der Waals surface area (Å²) in [6.45, 7) is 7.30. The maximum Gasteiger partial charge on any atom is 0.231 e. The summed E-state index contributed by atoms with van der Waals surface area (Å²) in [5.74, 6) is 1.72. The van der Waals surface area contributed by atoms with Crippen molar-refractivity contribution in [3.8, 4) is 0 Å². The van der Waals surface area contributed by atoms with Gasteiger partial charge in [-0.3, -0.25) is 0 Å². The highest BCUT2D eigenvalue weighted by molar-refractivity contribution is 7.89. The lowest BCUT2D eigenvalue weighted by Crippen LogP contribution is -2.34. The molecule has 8 nitrogen and oxygen atoms in total. The molecule has 0 radical (unpaired) electrons. The molecular formula is C17H29N3O5S. The summed E-state index contributed by atoms with van der Waals surface area (Å²) in [6.07, 6.45) is 3.44. The fourth-order valence-electron chi connectivity index (χ4n) is 3.32. The zero-order valence-electron chi connectivity index (χ0n) is 15.6. The van der Waals surface area contributed by atoms with Gasteiger partial charge in [-0.15, -0.1) is 0 Å². The van der Waals surface area contributed by atoms with Crippen LogP contribution in [0.1, 0.15) is 50.7 Å². The van der Waals surface area contributed by atoms with E-state index in [2.05, 4.69) is 10.1 Å². The third-order valence-corrected chi connectivity index (χ3v) is 7.35. The number of ether oxygens (including phenoxy) is 2. The molecule has 2 fully saturated rings. The molecule has 0 aliphatic carbocycles. The normalized spacial score (nSPS) is 23.1. The minimum atomic E-state index is -3.22. The van der Waals surface area contributed by atoms with E-state index in [0.717, 1.165) is 32.7 Å². The van der Waals surface area contributed by atoms with Crippen molar-refractivity contribution in [1.29, 1.82) is 0 Å². The van der Waals surface area contributed by atoms with Gasteiger partial charge in [-0.1, -0.05) is 5.16 Å². The molecule has 1 aromatic rings. The minimum Gasteiger partial charge on any atom is -0.381 e. The van der Waals surface area contributed by atoms with Gasteiger partial charge in [0.1, 0.15) is 0 Å². The zero-order valence-corrected chi connectivity index (χ0v) is 16.4. The summed E-state index contributed by atoms with van der Waals surface area (Å²) in [5.41, 5.74) is 0. The molecule has 1 unspecified atom stereocenters. The standard InChI is InChI=1S/C17H29N3O5S/c1-13(2)26(21,22)20-7-3-15(11-20)17-18-16(19-25-17)6-10-24-12-14-4-8-23-9-5-14/h13-15H,3-12H2,1-2H3. The van der Waals surface area contributed by atoms with E-state index in [1.807, 2.05) is 0 Å². The van der Waals surface area contributed by atoms with E-state index in [9.17, 15) is 8.42 Å². The van der Waals surface area contributed by atoms with Crippen LogP contribution in [-0.4, -0.2) is 67.6 Å². The van der Waals surface area contributed by atoms with Crippen molar-refractivity contribution in [3.63, 3.8) is 0 Å². The van der Waals surface area contributed by atoms with E-state index in [-0.39, 0.29) is 5.92 Å². The number of nitrogens with zero attached hydrogens (tertiary/aromatic N) is 3. The largest absolute Gasteiger partial charge is 0.381 e. The summed E-state index contributed by atoms with van der Waals surface area (Å²) >= 11 is 0. The van der Waals surface area contributed by atoms with Gasteiger partial charge >= 0.3 is 0 Å². The molecule has 0 spiro atoms. The van der Waals surface area contributed by atoms with E-state index in [1.54, 1.807) is 13.8 Å². The Balaban J connectivity index is 1.43. The molecule has 1 atom stereocenters. The Morgan fingerprint density at radius 2 is 2.04 bits per heavy atom. The third kappa shape index (κ3) is 4.82. The molecule has 3 rings (SSSR count). The van der Waals surface area contributed by atoms with E-state index in [1.165, 1.54) is 4.31 Å². The topological polar surface area (TPSA) is 94.8 Å². The van der Waals surface area contributed by atoms with E-state index < -0.39 is 15.3 Å². The van der Waals surface area contributed by atoms with Crippen LogP contribution in [0.2, 0.25) is 0 Å². The van der Waals surface area contributed by atoms with Gasteiger partial charge in [0.2, 0.25) is 15.9 Å². The third-order valence-electron chi connectivity index (χ3n) is 5.10. The second-order valence-electron chi connectivity index (χ2n) is 7.37. The monoisotopic (exact) mass is 387 g/mol. The van der Waals surface area contributed by atoms with Gasteiger partial charge in [-0.2, -0.15) is 4.98 Å². The second-order valence-corrected chi connectivity index (χ2v) is 9.86. The van der Waals surface area contributed by atoms with Crippen LogP contribution in [0.3, 0.4) is 0 Å². The highest BCUT2D eigenvalue weighted by Gasteiger charge is 2.36. The minimum absolute atomic E-state index is 0.0204. The van der Waals surface area contributed by atoms with Crippen molar-refractivity contribution in [1.82, 2.24) is 14.4 Å². The number of sulfonamides is 1. The summed E-state index contributed by atoms with van der Waals surface area (Å²) < 4.78 is 42.5. The number of aromatic nitrogens is 2. The van der Waals surface area contributed by atoms with Crippen LogP contribution in [0.5, 0.6) is 0 Å². The zero-order chi connectivity index (χ0) is 18.6. The van der Waals surface area contributed by atoms with Crippen molar-refractivity contribution in [2.45, 2.75) is 50.7 Å². The lowest BCUT2D eigenvalue weighted by molar-refractivity contribution is 0.0211. The van der Waals surface area contributed by atoms with Crippen LogP contribution in [0.15, 0.2) is 4.52 Å². The van der Waals surface area contributed by atoms with Crippen molar-refractivity contribution in [2.75, 3.05) is 39.5 Å². The van der Waals surface area contributed by atoms with E-state index in [0.29, 0.717) is 50.2 Å². The Bertz CT molecular complexity index is 670. The van der Waals surface area contributed by atoms with E-state index >= 15 is 0 Å². The van der Waals surface area contributed by atoms with Crippen LogP contribution in [0.25, 0.3) is 0 Å². The molecular weight excluding hydrogens is 358 g/mol. The quantitative estimate of drug-likeness (QED) is 0.625. The van der Waals surface area contributed by atoms with Crippen LogP contribution in [0, 0.1) is 5.92 Å². The molecule has 148 valence electrons. The Morgan fingerprint density at radius 1 is 1.27 bits per heavy atom. The second kappa shape index (κ2) is 8.77. The molecule has 0 bridgehead atoms. The Morgan fingerprint density at radius 3 is 2.77 bits per heavy atom. The molecule has 3 heterocycles. The predicted molar refractivity (Wildman–Crippen MR) is 95.4 cm³/mol. The van der Waals surface area contributed by atoms with Crippen molar-refractivity contribution in [3.05, 3.63) is 11.7 Å². The first-order chi connectivity index (χ1) is 12.5. The summed E-state index contributed by atoms with van der Waals surface area (Å²) in [4.78, 5) is 4.44. The average Bonchev–Trinajstić information content (AvgIpc) is 3.29. The van der Waals surface area contributed by atoms with Gasteiger partial charge < -0.3 is 14.0 Å². The number of hydrogen-bond acceptors (Lipinski definition) is 7. The molecule has 2 aliphatic heterocycles. The Labute approximate surface area is 155 Å². The molecule has 1 aromatic heterocycles. The SMILES string of the molecule is CC(C)S(=O)(=O)N1CCC(c2nc(CCOCC3CCOCC3)no2)C1. The Hall–Kier alpha value is -1.03. The highest BCUT2D eigenvalue weighted by Crippen LogP contribution is 2.29. The smallest absolute Gasteiger partial charge is 0.231 e. The highest BCUT2D eigenvalue weighted by atomic mass is 32.2. The van der Waals surface area contributed by atoms with Gasteiger partial charge in [0.05, 0.1) is 17.8 Å². The molecule has 0 aromatic carbocycles. The number of rotatable bonds is 8. The fourth-order valence-corrected chi connectivity index (χ4v) is 4.66. The summed E-state index contributed by atoms with van der Waals surface area (Å²) in [7, 11) is -3.22. The summed E-state index contributed by atoms with van der Waals surface area (Å²) in [6, 6.07) is 0. The van der Waals surface area contributed by atoms with Gasteiger partial charge in [0.25, 0.3) is 0 Å². The van der Waals surface area contributed by atoms with Crippen LogP contribution in [0.4, 0.5) is 0 Å². The van der Waals surface area contributed by atoms with Crippen LogP contribution < -0.4 is 0 Å². The van der Waals surface area contributed by atoms with Gasteiger partial charge in [0.15, 0.2) is 5.82 Å². The molecule has 2 aliphatic rings. The fraction of sp³-hybridized carbons (Fsp3) is 0.882. The van der Waals surface area contributed by atoms with Crippen molar-refractivity contribution < 1.29 is 22.4 Å². The first kappa shape index (κ1) is 19.7. The molecule has 0 N–H and O–H groups in total. The first-order valence-corrected chi connectivity index (χ1v) is 10.9. The molecule has 26 heavy (non-hydrogen) atoms. The van der Waals surface area contributed by atoms with Crippen LogP contribution >= 0.6 is 0 Å².